The van der Waals surface area contributed by atoms with Gasteiger partial charge in [-0.05, 0) is 41.8 Å². The van der Waals surface area contributed by atoms with Gasteiger partial charge in [-0.15, -0.1) is 8.78 Å². The average molecular weight is 360 g/mol. The number of morpholine rings is 1. The Kier molecular flexibility index (Phi) is 3.84. The van der Waals surface area contributed by atoms with Crippen molar-refractivity contribution < 1.29 is 23.0 Å². The quantitative estimate of drug-likeness (QED) is 0.890. The van der Waals surface area contributed by atoms with Crippen LogP contribution in [0.4, 0.5) is 8.78 Å². The fourth-order valence-electron chi connectivity index (χ4n) is 3.19. The van der Waals surface area contributed by atoms with Crippen molar-refractivity contribution in [2.75, 3.05) is 20.3 Å². The molecule has 2 aromatic carbocycles. The lowest BCUT2D eigenvalue weighted by molar-refractivity contribution is -0.286. The first-order chi connectivity index (χ1) is 12.4. The van der Waals surface area contributed by atoms with Crippen LogP contribution < -0.4 is 14.8 Å². The summed E-state index contributed by atoms with van der Waals surface area (Å²) >= 11 is 0. The maximum absolute atomic E-state index is 13.2. The molecule has 26 heavy (non-hydrogen) atoms. The Morgan fingerprint density at radius 3 is 2.62 bits per heavy atom. The maximum atomic E-state index is 13.2. The fourth-order valence-corrected chi connectivity index (χ4v) is 3.19. The van der Waals surface area contributed by atoms with Crippen molar-refractivity contribution in [3.63, 3.8) is 0 Å². The minimum absolute atomic E-state index is 0.0312. The summed E-state index contributed by atoms with van der Waals surface area (Å²) in [6, 6.07) is 12.6. The number of amidine groups is 1. The Hall–Kier alpha value is -2.67. The molecule has 0 aromatic heterocycles. The van der Waals surface area contributed by atoms with Gasteiger partial charge in [0.15, 0.2) is 11.5 Å². The topological polar surface area (TPSA) is 52.1 Å². The standard InChI is InChI=1S/C19H18F2N2O3/c1-18(11-24-10-17(22-2)23-18)14-5-3-4-12(8-14)13-6-7-15-16(9-13)26-19(20,21)25-15/h3-9H,10-11H2,1-2H3,(H,22,23). The second-order valence-corrected chi connectivity index (χ2v) is 6.53. The molecule has 136 valence electrons. The van der Waals surface area contributed by atoms with Gasteiger partial charge < -0.3 is 19.5 Å². The van der Waals surface area contributed by atoms with Crippen molar-refractivity contribution in [2.45, 2.75) is 18.8 Å². The summed E-state index contributed by atoms with van der Waals surface area (Å²) in [6.45, 7) is 3.00. The summed E-state index contributed by atoms with van der Waals surface area (Å²) in [5.41, 5.74) is 2.23. The highest BCUT2D eigenvalue weighted by atomic mass is 19.3. The number of benzene rings is 2. The van der Waals surface area contributed by atoms with Gasteiger partial charge in [-0.1, -0.05) is 24.3 Å². The molecule has 1 atom stereocenters. The number of hydrogen-bond acceptors (Lipinski definition) is 4. The second-order valence-electron chi connectivity index (χ2n) is 6.53. The van der Waals surface area contributed by atoms with E-state index in [1.54, 1.807) is 19.2 Å². The van der Waals surface area contributed by atoms with Crippen molar-refractivity contribution in [2.24, 2.45) is 4.99 Å². The SMILES string of the molecule is CN=C1COCC(C)(c2cccc(-c3ccc4c(c3)OC(F)(F)O4)c2)N1. The minimum atomic E-state index is -3.62. The molecule has 1 unspecified atom stereocenters. The predicted octanol–water partition coefficient (Wildman–Crippen LogP) is 3.54. The minimum Gasteiger partial charge on any atom is -0.395 e. The van der Waals surface area contributed by atoms with E-state index in [2.05, 4.69) is 19.8 Å². The van der Waals surface area contributed by atoms with Crippen LogP contribution in [0.15, 0.2) is 47.5 Å². The van der Waals surface area contributed by atoms with E-state index in [-0.39, 0.29) is 11.5 Å². The van der Waals surface area contributed by atoms with E-state index in [1.807, 2.05) is 31.2 Å². The first kappa shape index (κ1) is 16.8. The van der Waals surface area contributed by atoms with E-state index in [1.165, 1.54) is 6.07 Å². The number of nitrogens with one attached hydrogen (secondary N) is 1. The van der Waals surface area contributed by atoms with Crippen LogP contribution in [-0.2, 0) is 10.3 Å². The lowest BCUT2D eigenvalue weighted by Crippen LogP contribution is -2.52. The molecule has 5 nitrogen and oxygen atoms in total. The lowest BCUT2D eigenvalue weighted by atomic mass is 9.89. The number of halogens is 2. The number of nitrogens with zero attached hydrogens (tertiary/aromatic N) is 1. The maximum Gasteiger partial charge on any atom is 0.586 e. The van der Waals surface area contributed by atoms with Crippen molar-refractivity contribution >= 4 is 5.84 Å². The predicted molar refractivity (Wildman–Crippen MR) is 92.7 cm³/mol. The van der Waals surface area contributed by atoms with Gasteiger partial charge in [0.25, 0.3) is 0 Å². The third-order valence-electron chi connectivity index (χ3n) is 4.55. The average Bonchev–Trinajstić information content (AvgIpc) is 2.94. The van der Waals surface area contributed by atoms with Crippen molar-refractivity contribution in [3.05, 3.63) is 48.0 Å². The van der Waals surface area contributed by atoms with E-state index < -0.39 is 11.8 Å². The number of rotatable bonds is 2. The van der Waals surface area contributed by atoms with Crippen LogP contribution in [0.3, 0.4) is 0 Å². The van der Waals surface area contributed by atoms with Gasteiger partial charge in [-0.25, -0.2) is 0 Å². The van der Waals surface area contributed by atoms with E-state index >= 15 is 0 Å². The normalized spacial score (nSPS) is 25.2. The van der Waals surface area contributed by atoms with Crippen molar-refractivity contribution in [1.82, 2.24) is 5.32 Å². The van der Waals surface area contributed by atoms with Crippen LogP contribution in [0.25, 0.3) is 11.1 Å². The zero-order valence-corrected chi connectivity index (χ0v) is 14.4. The third kappa shape index (κ3) is 2.99. The summed E-state index contributed by atoms with van der Waals surface area (Å²) in [5, 5.41) is 3.41. The Morgan fingerprint density at radius 2 is 1.81 bits per heavy atom. The van der Waals surface area contributed by atoms with E-state index in [0.29, 0.717) is 13.2 Å². The monoisotopic (exact) mass is 360 g/mol. The molecule has 0 saturated carbocycles. The molecule has 2 aromatic rings. The molecule has 0 spiro atoms. The molecule has 0 amide bonds. The molecule has 1 fully saturated rings. The van der Waals surface area contributed by atoms with E-state index in [4.69, 9.17) is 4.74 Å². The first-order valence-electron chi connectivity index (χ1n) is 8.21. The number of alkyl halides is 2. The van der Waals surface area contributed by atoms with Gasteiger partial charge in [0, 0.05) is 7.05 Å². The molecule has 4 rings (SSSR count). The number of fused-ring (bicyclic) bond motifs is 1. The molecule has 2 aliphatic heterocycles. The van der Waals surface area contributed by atoms with Crippen molar-refractivity contribution in [3.8, 4) is 22.6 Å². The molecule has 0 radical (unpaired) electrons. The van der Waals surface area contributed by atoms with E-state index in [9.17, 15) is 8.78 Å². The van der Waals surface area contributed by atoms with E-state index in [0.717, 1.165) is 22.5 Å². The molecule has 0 bridgehead atoms. The van der Waals surface area contributed by atoms with Crippen molar-refractivity contribution in [1.29, 1.82) is 0 Å². The molecule has 2 aliphatic rings. The first-order valence-corrected chi connectivity index (χ1v) is 8.21. The summed E-state index contributed by atoms with van der Waals surface area (Å²) in [4.78, 5) is 4.18. The van der Waals surface area contributed by atoms with Gasteiger partial charge in [-0.3, -0.25) is 4.99 Å². The third-order valence-corrected chi connectivity index (χ3v) is 4.55. The van der Waals surface area contributed by atoms with Gasteiger partial charge in [-0.2, -0.15) is 0 Å². The van der Waals surface area contributed by atoms with Crippen LogP contribution in [0.5, 0.6) is 11.5 Å². The van der Waals surface area contributed by atoms with Crippen LogP contribution in [-0.4, -0.2) is 32.4 Å². The molecule has 1 N–H and O–H groups in total. The van der Waals surface area contributed by atoms with Gasteiger partial charge in [0.1, 0.15) is 12.4 Å². The lowest BCUT2D eigenvalue weighted by Gasteiger charge is -2.37. The summed E-state index contributed by atoms with van der Waals surface area (Å²) in [6.07, 6.45) is -3.62. The summed E-state index contributed by atoms with van der Waals surface area (Å²) < 4.78 is 41.1. The summed E-state index contributed by atoms with van der Waals surface area (Å²) in [5.74, 6) is 0.853. The Morgan fingerprint density at radius 1 is 1.04 bits per heavy atom. The Labute approximate surface area is 149 Å². The molecule has 1 saturated heterocycles. The van der Waals surface area contributed by atoms with Crippen LogP contribution in [0.2, 0.25) is 0 Å². The zero-order valence-electron chi connectivity index (χ0n) is 14.4. The highest BCUT2D eigenvalue weighted by Crippen LogP contribution is 2.43. The second kappa shape index (κ2) is 5.95. The van der Waals surface area contributed by atoms with Crippen LogP contribution in [0.1, 0.15) is 12.5 Å². The zero-order chi connectivity index (χ0) is 18.4. The van der Waals surface area contributed by atoms with Gasteiger partial charge in [0.2, 0.25) is 0 Å². The highest BCUT2D eigenvalue weighted by Gasteiger charge is 2.43. The van der Waals surface area contributed by atoms with Gasteiger partial charge in [0.05, 0.1) is 12.1 Å². The van der Waals surface area contributed by atoms with Crippen LogP contribution >= 0.6 is 0 Å². The highest BCUT2D eigenvalue weighted by molar-refractivity contribution is 5.85. The fraction of sp³-hybridized carbons (Fsp3) is 0.316. The van der Waals surface area contributed by atoms with Gasteiger partial charge >= 0.3 is 6.29 Å². The molecule has 0 aliphatic carbocycles. The summed E-state index contributed by atoms with van der Waals surface area (Å²) in [7, 11) is 1.72. The molecular formula is C19H18F2N2O3. The number of aliphatic imine (C=N–C) groups is 1. The number of hydrogen-bond donors (Lipinski definition) is 1. The molecule has 7 heteroatoms. The Bertz CT molecular complexity index is 885. The largest absolute Gasteiger partial charge is 0.586 e. The number of ether oxygens (including phenoxy) is 3. The van der Waals surface area contributed by atoms with Crippen LogP contribution in [0, 0.1) is 0 Å². The Balaban J connectivity index is 1.67. The molecular weight excluding hydrogens is 342 g/mol. The molecule has 2 heterocycles. The smallest absolute Gasteiger partial charge is 0.395 e.